The molecule has 0 radical (unpaired) electrons. The van der Waals surface area contributed by atoms with E-state index in [9.17, 15) is 15.2 Å². The fourth-order valence-corrected chi connectivity index (χ4v) is 3.51. The van der Waals surface area contributed by atoms with Gasteiger partial charge in [0.25, 0.3) is 5.69 Å². The van der Waals surface area contributed by atoms with Crippen LogP contribution in [0.15, 0.2) is 30.3 Å². The molecule has 3 heterocycles. The topological polar surface area (TPSA) is 118 Å². The summed E-state index contributed by atoms with van der Waals surface area (Å²) in [6.45, 7) is 3.99. The number of anilines is 1. The minimum Gasteiger partial charge on any atom is -0.506 e. The Hall–Kier alpha value is -3.20. The maximum Gasteiger partial charge on any atom is 0.271 e. The first-order valence-corrected chi connectivity index (χ1v) is 9.28. The van der Waals surface area contributed by atoms with Crippen LogP contribution in [0.4, 0.5) is 11.6 Å². The van der Waals surface area contributed by atoms with Gasteiger partial charge in [-0.05, 0) is 51.1 Å². The van der Waals surface area contributed by atoms with Gasteiger partial charge in [-0.3, -0.25) is 15.1 Å². The summed E-state index contributed by atoms with van der Waals surface area (Å²) in [5, 5.41) is 28.3. The molecule has 1 aliphatic rings. The van der Waals surface area contributed by atoms with Crippen LogP contribution in [-0.2, 0) is 6.54 Å². The molecule has 9 heteroatoms. The summed E-state index contributed by atoms with van der Waals surface area (Å²) in [6, 6.07) is 8.24. The lowest BCUT2D eigenvalue weighted by Crippen LogP contribution is -2.36. The lowest BCUT2D eigenvalue weighted by molar-refractivity contribution is -0.384. The Morgan fingerprint density at radius 3 is 2.82 bits per heavy atom. The molecule has 3 N–H and O–H groups in total. The maximum atomic E-state index is 11.2. The molecular formula is C19H22N6O3. The normalized spacial score (nSPS) is 15.0. The Balaban J connectivity index is 1.78. The predicted molar refractivity (Wildman–Crippen MR) is 106 cm³/mol. The summed E-state index contributed by atoms with van der Waals surface area (Å²) in [5.74, 6) is 0.718. The monoisotopic (exact) mass is 382 g/mol. The molecule has 1 aromatic carbocycles. The summed E-state index contributed by atoms with van der Waals surface area (Å²) in [6.07, 6.45) is 1.94. The standard InChI is InChI=1S/C19H22N6O3/c1-12-2-5-18(26)16(21-12)11-24-17-10-14(25(27)28)3-4-15(17)23-19(24)22-13-6-8-20-9-7-13/h2-5,10,13,20,26H,6-9,11H2,1H3,(H,22,23). The van der Waals surface area contributed by atoms with Crippen molar-refractivity contribution in [2.45, 2.75) is 32.4 Å². The molecule has 4 rings (SSSR count). The highest BCUT2D eigenvalue weighted by Gasteiger charge is 2.20. The van der Waals surface area contributed by atoms with E-state index in [0.717, 1.165) is 31.6 Å². The zero-order valence-corrected chi connectivity index (χ0v) is 15.6. The Kier molecular flexibility index (Phi) is 4.82. The second-order valence-electron chi connectivity index (χ2n) is 7.04. The van der Waals surface area contributed by atoms with Gasteiger partial charge in [0.1, 0.15) is 11.4 Å². The van der Waals surface area contributed by atoms with Crippen LogP contribution in [0, 0.1) is 17.0 Å². The molecule has 9 nitrogen and oxygen atoms in total. The molecule has 1 aliphatic heterocycles. The van der Waals surface area contributed by atoms with Crippen LogP contribution in [0.1, 0.15) is 24.2 Å². The summed E-state index contributed by atoms with van der Waals surface area (Å²) >= 11 is 0. The summed E-state index contributed by atoms with van der Waals surface area (Å²) in [4.78, 5) is 19.9. The van der Waals surface area contributed by atoms with E-state index in [4.69, 9.17) is 0 Å². The second kappa shape index (κ2) is 7.43. The molecule has 0 unspecified atom stereocenters. The van der Waals surface area contributed by atoms with Gasteiger partial charge in [-0.15, -0.1) is 0 Å². The van der Waals surface area contributed by atoms with Crippen LogP contribution in [0.25, 0.3) is 11.0 Å². The average molecular weight is 382 g/mol. The Morgan fingerprint density at radius 1 is 1.29 bits per heavy atom. The summed E-state index contributed by atoms with van der Waals surface area (Å²) in [5.41, 5.74) is 2.58. The number of benzene rings is 1. The molecule has 28 heavy (non-hydrogen) atoms. The fraction of sp³-hybridized carbons (Fsp3) is 0.368. The first-order valence-electron chi connectivity index (χ1n) is 9.28. The molecular weight excluding hydrogens is 360 g/mol. The number of imidazole rings is 1. The third-order valence-corrected chi connectivity index (χ3v) is 5.01. The number of aromatic nitrogens is 3. The number of aromatic hydroxyl groups is 1. The molecule has 0 amide bonds. The molecule has 0 saturated carbocycles. The number of non-ortho nitro benzene ring substituents is 1. The van der Waals surface area contributed by atoms with Gasteiger partial charge in [-0.2, -0.15) is 0 Å². The lowest BCUT2D eigenvalue weighted by atomic mass is 10.1. The van der Waals surface area contributed by atoms with Crippen molar-refractivity contribution in [1.82, 2.24) is 19.9 Å². The van der Waals surface area contributed by atoms with Crippen molar-refractivity contribution in [3.05, 3.63) is 51.8 Å². The zero-order chi connectivity index (χ0) is 19.7. The van der Waals surface area contributed by atoms with Gasteiger partial charge in [0.05, 0.1) is 22.5 Å². The molecule has 0 aliphatic carbocycles. The molecule has 1 fully saturated rings. The van der Waals surface area contributed by atoms with Gasteiger partial charge in [-0.1, -0.05) is 0 Å². The zero-order valence-electron chi connectivity index (χ0n) is 15.6. The minimum atomic E-state index is -0.418. The van der Waals surface area contributed by atoms with Crippen LogP contribution < -0.4 is 10.6 Å². The number of hydrogen-bond acceptors (Lipinski definition) is 7. The number of piperidine rings is 1. The third kappa shape index (κ3) is 3.61. The number of nitro benzene ring substituents is 1. The Morgan fingerprint density at radius 2 is 2.07 bits per heavy atom. The van der Waals surface area contributed by atoms with Crippen LogP contribution in [-0.4, -0.2) is 43.7 Å². The molecule has 1 saturated heterocycles. The molecule has 0 spiro atoms. The number of rotatable bonds is 5. The minimum absolute atomic E-state index is 0.00323. The van der Waals surface area contributed by atoms with Crippen LogP contribution in [0.5, 0.6) is 5.75 Å². The fourth-order valence-electron chi connectivity index (χ4n) is 3.51. The maximum absolute atomic E-state index is 11.2. The molecule has 3 aromatic rings. The average Bonchev–Trinajstić information content (AvgIpc) is 3.02. The van der Waals surface area contributed by atoms with Crippen LogP contribution in [0.2, 0.25) is 0 Å². The number of nitrogens with zero attached hydrogens (tertiary/aromatic N) is 4. The highest BCUT2D eigenvalue weighted by Crippen LogP contribution is 2.28. The highest BCUT2D eigenvalue weighted by molar-refractivity contribution is 5.81. The Labute approximate surface area is 161 Å². The SMILES string of the molecule is Cc1ccc(O)c(Cn2c(NC3CCNCC3)nc3ccc([N+](=O)[O-])cc32)n1. The third-order valence-electron chi connectivity index (χ3n) is 5.01. The molecule has 0 bridgehead atoms. The van der Waals surface area contributed by atoms with E-state index in [1.54, 1.807) is 18.2 Å². The molecule has 146 valence electrons. The van der Waals surface area contributed by atoms with Gasteiger partial charge < -0.3 is 20.3 Å². The first kappa shape index (κ1) is 18.2. The number of hydrogen-bond donors (Lipinski definition) is 3. The number of fused-ring (bicyclic) bond motifs is 1. The second-order valence-corrected chi connectivity index (χ2v) is 7.04. The van der Waals surface area contributed by atoms with Gasteiger partial charge in [0.2, 0.25) is 5.95 Å². The smallest absolute Gasteiger partial charge is 0.271 e. The predicted octanol–water partition coefficient (Wildman–Crippen LogP) is 2.57. The van der Waals surface area contributed by atoms with Crippen molar-refractivity contribution in [3.8, 4) is 5.75 Å². The van der Waals surface area contributed by atoms with Gasteiger partial charge in [0.15, 0.2) is 0 Å². The van der Waals surface area contributed by atoms with Crippen molar-refractivity contribution in [1.29, 1.82) is 0 Å². The van der Waals surface area contributed by atoms with Crippen molar-refractivity contribution in [2.75, 3.05) is 18.4 Å². The lowest BCUT2D eigenvalue weighted by Gasteiger charge is -2.24. The quantitative estimate of drug-likeness (QED) is 0.458. The number of pyridine rings is 1. The van der Waals surface area contributed by atoms with Gasteiger partial charge in [-0.25, -0.2) is 4.98 Å². The first-order chi connectivity index (χ1) is 13.5. The van der Waals surface area contributed by atoms with Crippen molar-refractivity contribution in [3.63, 3.8) is 0 Å². The van der Waals surface area contributed by atoms with E-state index in [0.29, 0.717) is 22.7 Å². The van der Waals surface area contributed by atoms with Gasteiger partial charge >= 0.3 is 0 Å². The van der Waals surface area contributed by atoms with Gasteiger partial charge in [0, 0.05) is 23.9 Å². The van der Waals surface area contributed by atoms with Crippen molar-refractivity contribution in [2.24, 2.45) is 0 Å². The largest absolute Gasteiger partial charge is 0.506 e. The number of nitrogens with one attached hydrogen (secondary N) is 2. The summed E-state index contributed by atoms with van der Waals surface area (Å²) < 4.78 is 1.85. The van der Waals surface area contributed by atoms with Crippen molar-refractivity contribution >= 4 is 22.7 Å². The van der Waals surface area contributed by atoms with E-state index in [1.807, 2.05) is 11.5 Å². The highest BCUT2D eigenvalue weighted by atomic mass is 16.6. The van der Waals surface area contributed by atoms with E-state index in [2.05, 4.69) is 20.6 Å². The molecule has 2 aromatic heterocycles. The number of nitro groups is 1. The van der Waals surface area contributed by atoms with Crippen molar-refractivity contribution < 1.29 is 10.0 Å². The summed E-state index contributed by atoms with van der Waals surface area (Å²) in [7, 11) is 0. The van der Waals surface area contributed by atoms with Crippen LogP contribution >= 0.6 is 0 Å². The number of aryl methyl sites for hydroxylation is 1. The van der Waals surface area contributed by atoms with E-state index in [1.165, 1.54) is 12.1 Å². The molecule has 0 atom stereocenters. The van der Waals surface area contributed by atoms with E-state index < -0.39 is 4.92 Å². The van der Waals surface area contributed by atoms with Crippen LogP contribution in [0.3, 0.4) is 0 Å². The van der Waals surface area contributed by atoms with E-state index >= 15 is 0 Å². The van der Waals surface area contributed by atoms with E-state index in [-0.39, 0.29) is 24.0 Å². The Bertz CT molecular complexity index is 1030.